The first-order valence-corrected chi connectivity index (χ1v) is 7.88. The van der Waals surface area contributed by atoms with Crippen LogP contribution >= 0.6 is 0 Å². The molecule has 1 heterocycles. The summed E-state index contributed by atoms with van der Waals surface area (Å²) in [6.07, 6.45) is 3.21. The van der Waals surface area contributed by atoms with Gasteiger partial charge in [-0.3, -0.25) is 4.79 Å². The Kier molecular flexibility index (Phi) is 6.05. The number of nitrogens with one attached hydrogen (secondary N) is 2. The molecular weight excluding hydrogens is 264 g/mol. The number of para-hydroxylation sites is 1. The molecule has 1 saturated heterocycles. The van der Waals surface area contributed by atoms with Crippen molar-refractivity contribution in [3.8, 4) is 5.75 Å². The van der Waals surface area contributed by atoms with E-state index in [1.807, 2.05) is 24.3 Å². The Morgan fingerprint density at radius 1 is 1.38 bits per heavy atom. The van der Waals surface area contributed by atoms with Crippen molar-refractivity contribution in [2.75, 3.05) is 13.2 Å². The summed E-state index contributed by atoms with van der Waals surface area (Å²) in [6.45, 7) is 6.39. The Morgan fingerprint density at radius 2 is 2.19 bits per heavy atom. The molecule has 0 aromatic heterocycles. The topological polar surface area (TPSA) is 50.4 Å². The first kappa shape index (κ1) is 15.8. The molecule has 1 aromatic carbocycles. The van der Waals surface area contributed by atoms with Gasteiger partial charge in [0.1, 0.15) is 5.75 Å². The first-order valence-electron chi connectivity index (χ1n) is 7.88. The van der Waals surface area contributed by atoms with Crippen LogP contribution in [0.4, 0.5) is 0 Å². The van der Waals surface area contributed by atoms with Crippen LogP contribution in [0.25, 0.3) is 0 Å². The van der Waals surface area contributed by atoms with E-state index in [-0.39, 0.29) is 11.9 Å². The molecule has 116 valence electrons. The third-order valence-corrected chi connectivity index (χ3v) is 3.62. The lowest BCUT2D eigenvalue weighted by atomic mass is 10.0. The van der Waals surface area contributed by atoms with E-state index in [9.17, 15) is 4.79 Å². The number of amides is 1. The normalized spacial score (nSPS) is 18.5. The Balaban J connectivity index is 1.88. The van der Waals surface area contributed by atoms with Crippen LogP contribution in [0, 0.1) is 5.92 Å². The minimum atomic E-state index is -0.0394. The van der Waals surface area contributed by atoms with Gasteiger partial charge in [0.05, 0.1) is 12.6 Å². The molecule has 2 rings (SSSR count). The summed E-state index contributed by atoms with van der Waals surface area (Å²) in [4.78, 5) is 12.1. The van der Waals surface area contributed by atoms with Crippen LogP contribution in [0.2, 0.25) is 0 Å². The number of carbonyl (C=O) groups is 1. The van der Waals surface area contributed by atoms with E-state index in [0.29, 0.717) is 19.1 Å². The Hall–Kier alpha value is -1.55. The monoisotopic (exact) mass is 290 g/mol. The van der Waals surface area contributed by atoms with Gasteiger partial charge in [0.2, 0.25) is 5.91 Å². The zero-order chi connectivity index (χ0) is 15.1. The fraction of sp³-hybridized carbons (Fsp3) is 0.588. The molecule has 1 aromatic rings. The van der Waals surface area contributed by atoms with Gasteiger partial charge in [-0.1, -0.05) is 38.5 Å². The van der Waals surface area contributed by atoms with E-state index in [1.165, 1.54) is 0 Å². The predicted octanol–water partition coefficient (Wildman–Crippen LogP) is 2.48. The van der Waals surface area contributed by atoms with Gasteiger partial charge >= 0.3 is 0 Å². The highest BCUT2D eigenvalue weighted by Crippen LogP contribution is 2.18. The van der Waals surface area contributed by atoms with Gasteiger partial charge < -0.3 is 15.4 Å². The van der Waals surface area contributed by atoms with Gasteiger partial charge in [0, 0.05) is 12.1 Å². The van der Waals surface area contributed by atoms with Crippen LogP contribution in [0.5, 0.6) is 5.75 Å². The number of hydrogen-bond donors (Lipinski definition) is 2. The van der Waals surface area contributed by atoms with E-state index in [4.69, 9.17) is 4.74 Å². The summed E-state index contributed by atoms with van der Waals surface area (Å²) in [5, 5.41) is 6.28. The second kappa shape index (κ2) is 8.03. The van der Waals surface area contributed by atoms with E-state index >= 15 is 0 Å². The summed E-state index contributed by atoms with van der Waals surface area (Å²) in [5.74, 6) is 1.44. The summed E-state index contributed by atoms with van der Waals surface area (Å²) in [7, 11) is 0. The molecule has 1 aliphatic heterocycles. The van der Waals surface area contributed by atoms with Gasteiger partial charge in [0.15, 0.2) is 0 Å². The number of benzene rings is 1. The van der Waals surface area contributed by atoms with Gasteiger partial charge in [-0.25, -0.2) is 0 Å². The SMILES string of the molecule is CC(C)COc1ccccc1CNC(=O)C1CCCCN1. The van der Waals surface area contributed by atoms with E-state index in [1.54, 1.807) is 0 Å². The summed E-state index contributed by atoms with van der Waals surface area (Å²) >= 11 is 0. The van der Waals surface area contributed by atoms with Crippen LogP contribution in [-0.4, -0.2) is 25.1 Å². The van der Waals surface area contributed by atoms with Gasteiger partial charge in [-0.15, -0.1) is 0 Å². The van der Waals surface area contributed by atoms with Crippen molar-refractivity contribution < 1.29 is 9.53 Å². The fourth-order valence-corrected chi connectivity index (χ4v) is 2.43. The quantitative estimate of drug-likeness (QED) is 0.846. The van der Waals surface area contributed by atoms with Crippen molar-refractivity contribution in [1.82, 2.24) is 10.6 Å². The highest BCUT2D eigenvalue weighted by molar-refractivity contribution is 5.81. The molecule has 0 bridgehead atoms. The lowest BCUT2D eigenvalue weighted by molar-refractivity contribution is -0.123. The molecule has 1 amide bonds. The zero-order valence-electron chi connectivity index (χ0n) is 13.0. The van der Waals surface area contributed by atoms with Crippen LogP contribution < -0.4 is 15.4 Å². The summed E-state index contributed by atoms with van der Waals surface area (Å²) in [5.41, 5.74) is 1.03. The van der Waals surface area contributed by atoms with Crippen LogP contribution in [0.1, 0.15) is 38.7 Å². The minimum absolute atomic E-state index is 0.0394. The second-order valence-corrected chi connectivity index (χ2v) is 6.03. The largest absolute Gasteiger partial charge is 0.493 e. The summed E-state index contributed by atoms with van der Waals surface area (Å²) in [6, 6.07) is 7.86. The predicted molar refractivity (Wildman–Crippen MR) is 84.3 cm³/mol. The Labute approximate surface area is 127 Å². The van der Waals surface area contributed by atoms with Crippen molar-refractivity contribution in [1.29, 1.82) is 0 Å². The number of carbonyl (C=O) groups excluding carboxylic acids is 1. The number of hydrogen-bond acceptors (Lipinski definition) is 3. The minimum Gasteiger partial charge on any atom is -0.493 e. The van der Waals surface area contributed by atoms with Gasteiger partial charge in [-0.2, -0.15) is 0 Å². The van der Waals surface area contributed by atoms with Crippen molar-refractivity contribution >= 4 is 5.91 Å². The standard InChI is InChI=1S/C17H26N2O2/c1-13(2)12-21-16-9-4-3-7-14(16)11-19-17(20)15-8-5-6-10-18-15/h3-4,7,9,13,15,18H,5-6,8,10-12H2,1-2H3,(H,19,20). The van der Waals surface area contributed by atoms with Crippen LogP contribution in [0.15, 0.2) is 24.3 Å². The highest BCUT2D eigenvalue weighted by Gasteiger charge is 2.20. The molecule has 1 unspecified atom stereocenters. The number of rotatable bonds is 6. The molecule has 0 aliphatic carbocycles. The van der Waals surface area contributed by atoms with Gasteiger partial charge in [0.25, 0.3) is 0 Å². The molecule has 0 spiro atoms. The maximum absolute atomic E-state index is 12.1. The summed E-state index contributed by atoms with van der Waals surface area (Å²) < 4.78 is 5.81. The Bertz CT molecular complexity index is 454. The average Bonchev–Trinajstić information content (AvgIpc) is 2.52. The van der Waals surface area contributed by atoms with Crippen molar-refractivity contribution in [2.45, 2.75) is 45.7 Å². The average molecular weight is 290 g/mol. The molecule has 4 heteroatoms. The van der Waals surface area contributed by atoms with Crippen molar-refractivity contribution in [3.05, 3.63) is 29.8 Å². The maximum Gasteiger partial charge on any atom is 0.237 e. The van der Waals surface area contributed by atoms with Crippen LogP contribution in [-0.2, 0) is 11.3 Å². The van der Waals surface area contributed by atoms with E-state index in [0.717, 1.165) is 37.1 Å². The zero-order valence-corrected chi connectivity index (χ0v) is 13.0. The third-order valence-electron chi connectivity index (χ3n) is 3.62. The highest BCUT2D eigenvalue weighted by atomic mass is 16.5. The van der Waals surface area contributed by atoms with Crippen molar-refractivity contribution in [3.63, 3.8) is 0 Å². The maximum atomic E-state index is 12.1. The molecule has 1 aliphatic rings. The molecule has 0 saturated carbocycles. The van der Waals surface area contributed by atoms with E-state index < -0.39 is 0 Å². The lowest BCUT2D eigenvalue weighted by Gasteiger charge is -2.22. The number of piperidine rings is 1. The molecule has 1 fully saturated rings. The van der Waals surface area contributed by atoms with E-state index in [2.05, 4.69) is 24.5 Å². The molecule has 0 radical (unpaired) electrons. The number of ether oxygens (including phenoxy) is 1. The first-order chi connectivity index (χ1) is 10.2. The lowest BCUT2D eigenvalue weighted by Crippen LogP contribution is -2.46. The molecule has 1 atom stereocenters. The van der Waals surface area contributed by atoms with Crippen LogP contribution in [0.3, 0.4) is 0 Å². The molecule has 4 nitrogen and oxygen atoms in total. The Morgan fingerprint density at radius 3 is 2.90 bits per heavy atom. The fourth-order valence-electron chi connectivity index (χ4n) is 2.43. The second-order valence-electron chi connectivity index (χ2n) is 6.03. The van der Waals surface area contributed by atoms with Crippen molar-refractivity contribution in [2.24, 2.45) is 5.92 Å². The molecule has 2 N–H and O–H groups in total. The van der Waals surface area contributed by atoms with Gasteiger partial charge in [-0.05, 0) is 31.4 Å². The molecular formula is C17H26N2O2. The third kappa shape index (κ3) is 5.05. The smallest absolute Gasteiger partial charge is 0.237 e. The molecule has 21 heavy (non-hydrogen) atoms.